The first kappa shape index (κ1) is 19.2. The zero-order valence-electron chi connectivity index (χ0n) is 16.4. The maximum Gasteiger partial charge on any atom is 0.257 e. The predicted octanol–water partition coefficient (Wildman–Crippen LogP) is 4.76. The first-order valence-electron chi connectivity index (χ1n) is 9.67. The number of hydrogen-bond acceptors (Lipinski definition) is 7. The number of amides is 1. The molecule has 0 bridgehead atoms. The molecule has 4 heterocycles. The van der Waals surface area contributed by atoms with Crippen molar-refractivity contribution in [2.45, 2.75) is 19.0 Å². The molecule has 152 valence electrons. The quantitative estimate of drug-likeness (QED) is 0.437. The molecule has 0 radical (unpaired) electrons. The van der Waals surface area contributed by atoms with Crippen molar-refractivity contribution >= 4 is 44.5 Å². The Kier molecular flexibility index (Phi) is 5.20. The molecule has 0 saturated heterocycles. The number of aromatic nitrogens is 1. The monoisotopic (exact) mass is 436 g/mol. The Morgan fingerprint density at radius 2 is 2.13 bits per heavy atom. The molecule has 0 saturated carbocycles. The summed E-state index contributed by atoms with van der Waals surface area (Å²) in [6.07, 6.45) is 2.29. The van der Waals surface area contributed by atoms with Gasteiger partial charge in [-0.05, 0) is 42.8 Å². The van der Waals surface area contributed by atoms with Crippen LogP contribution in [0, 0.1) is 0 Å². The summed E-state index contributed by atoms with van der Waals surface area (Å²) in [6.45, 7) is 0.875. The van der Waals surface area contributed by atoms with Gasteiger partial charge >= 0.3 is 0 Å². The van der Waals surface area contributed by atoms with Gasteiger partial charge in [0.2, 0.25) is 0 Å². The van der Waals surface area contributed by atoms with Crippen LogP contribution in [-0.4, -0.2) is 40.1 Å². The van der Waals surface area contributed by atoms with E-state index in [9.17, 15) is 4.79 Å². The summed E-state index contributed by atoms with van der Waals surface area (Å²) in [4.78, 5) is 20.9. The lowest BCUT2D eigenvalue weighted by atomic mass is 10.1. The van der Waals surface area contributed by atoms with Crippen LogP contribution in [-0.2, 0) is 11.3 Å². The number of furan rings is 1. The maximum atomic E-state index is 13.2. The van der Waals surface area contributed by atoms with E-state index < -0.39 is 0 Å². The number of hydrogen-bond donors (Lipinski definition) is 0. The average Bonchev–Trinajstić information content (AvgIpc) is 3.53. The molecule has 0 aliphatic carbocycles. The van der Waals surface area contributed by atoms with Crippen LogP contribution in [0.5, 0.6) is 0 Å². The Morgan fingerprint density at radius 3 is 2.90 bits per heavy atom. The molecule has 1 aliphatic rings. The van der Waals surface area contributed by atoms with E-state index in [0.29, 0.717) is 13.0 Å². The third-order valence-electron chi connectivity index (χ3n) is 4.99. The molecule has 30 heavy (non-hydrogen) atoms. The van der Waals surface area contributed by atoms with E-state index in [1.165, 1.54) is 0 Å². The largest absolute Gasteiger partial charge is 0.467 e. The van der Waals surface area contributed by atoms with Crippen molar-refractivity contribution in [3.05, 3.63) is 75.8 Å². The van der Waals surface area contributed by atoms with Crippen molar-refractivity contribution in [2.24, 2.45) is 5.10 Å². The molecule has 0 spiro atoms. The van der Waals surface area contributed by atoms with Crippen LogP contribution in [0.15, 0.2) is 69.7 Å². The normalized spacial score (nSPS) is 16.5. The minimum Gasteiger partial charge on any atom is -0.467 e. The van der Waals surface area contributed by atoms with Crippen LogP contribution >= 0.6 is 22.7 Å². The number of thiazole rings is 1. The fourth-order valence-electron chi connectivity index (χ4n) is 3.61. The molecule has 0 fully saturated rings. The summed E-state index contributed by atoms with van der Waals surface area (Å²) in [5.41, 5.74) is 1.92. The van der Waals surface area contributed by atoms with Crippen molar-refractivity contribution in [3.8, 4) is 0 Å². The Balaban J connectivity index is 1.32. The Morgan fingerprint density at radius 1 is 1.23 bits per heavy atom. The lowest BCUT2D eigenvalue weighted by molar-refractivity contribution is -0.134. The molecule has 0 N–H and O–H groups in total. The molecule has 4 aromatic rings. The van der Waals surface area contributed by atoms with E-state index in [1.54, 1.807) is 33.9 Å². The number of thiophene rings is 1. The van der Waals surface area contributed by atoms with Gasteiger partial charge in [-0.2, -0.15) is 5.10 Å². The van der Waals surface area contributed by atoms with Gasteiger partial charge in [0.15, 0.2) is 0 Å². The fourth-order valence-corrected chi connectivity index (χ4v) is 5.38. The number of fused-ring (bicyclic) bond motifs is 1. The van der Waals surface area contributed by atoms with E-state index in [2.05, 4.69) is 16.2 Å². The van der Waals surface area contributed by atoms with Gasteiger partial charge in [-0.3, -0.25) is 9.69 Å². The molecule has 1 atom stereocenters. The van der Waals surface area contributed by atoms with Crippen molar-refractivity contribution in [1.82, 2.24) is 14.9 Å². The van der Waals surface area contributed by atoms with Crippen molar-refractivity contribution in [3.63, 3.8) is 0 Å². The summed E-state index contributed by atoms with van der Waals surface area (Å²) in [5.74, 6) is 0.707. The third-order valence-corrected chi connectivity index (χ3v) is 6.93. The Bertz CT molecular complexity index is 1150. The van der Waals surface area contributed by atoms with Crippen LogP contribution in [0.3, 0.4) is 0 Å². The second-order valence-electron chi connectivity index (χ2n) is 7.25. The van der Waals surface area contributed by atoms with Crippen LogP contribution in [0.4, 0.5) is 0 Å². The number of para-hydroxylation sites is 1. The highest BCUT2D eigenvalue weighted by Gasteiger charge is 2.35. The van der Waals surface area contributed by atoms with E-state index in [-0.39, 0.29) is 18.5 Å². The lowest BCUT2D eigenvalue weighted by Crippen LogP contribution is -2.36. The summed E-state index contributed by atoms with van der Waals surface area (Å²) in [6, 6.07) is 15.7. The van der Waals surface area contributed by atoms with Crippen molar-refractivity contribution < 1.29 is 9.21 Å². The Hall–Kier alpha value is -2.81. The predicted molar refractivity (Wildman–Crippen MR) is 120 cm³/mol. The summed E-state index contributed by atoms with van der Waals surface area (Å²) >= 11 is 3.30. The summed E-state index contributed by atoms with van der Waals surface area (Å²) < 4.78 is 6.77. The molecule has 1 aliphatic heterocycles. The van der Waals surface area contributed by atoms with Crippen molar-refractivity contribution in [1.29, 1.82) is 0 Å². The number of hydrazone groups is 1. The average molecular weight is 437 g/mol. The third kappa shape index (κ3) is 3.81. The van der Waals surface area contributed by atoms with Gasteiger partial charge in [0.05, 0.1) is 40.2 Å². The van der Waals surface area contributed by atoms with E-state index >= 15 is 0 Å². The standard InChI is InChI=1S/C22H20N4O2S2/c1-25(13-21-23-15-6-2-3-8-20(15)30-21)14-22(27)26-17(18-7-4-10-28-18)12-16(24-26)19-9-5-11-29-19/h2-11,17H,12-14H2,1H3. The molecule has 6 nitrogen and oxygen atoms in total. The number of benzene rings is 1. The van der Waals surface area contributed by atoms with Gasteiger partial charge in [0.1, 0.15) is 16.8 Å². The SMILES string of the molecule is CN(CC(=O)N1N=C(c2cccs2)CC1c1ccco1)Cc1nc2ccccc2s1. The number of rotatable bonds is 6. The lowest BCUT2D eigenvalue weighted by Gasteiger charge is -2.22. The van der Waals surface area contributed by atoms with Crippen LogP contribution in [0.1, 0.15) is 28.1 Å². The highest BCUT2D eigenvalue weighted by atomic mass is 32.1. The zero-order chi connectivity index (χ0) is 20.5. The van der Waals surface area contributed by atoms with Gasteiger partial charge in [0.25, 0.3) is 5.91 Å². The molecule has 1 amide bonds. The first-order chi connectivity index (χ1) is 14.7. The zero-order valence-corrected chi connectivity index (χ0v) is 18.0. The van der Waals surface area contributed by atoms with Crippen molar-refractivity contribution in [2.75, 3.05) is 13.6 Å². The van der Waals surface area contributed by atoms with Gasteiger partial charge in [-0.25, -0.2) is 9.99 Å². The van der Waals surface area contributed by atoms with Gasteiger partial charge in [0, 0.05) is 6.42 Å². The molecular formula is C22H20N4O2S2. The maximum absolute atomic E-state index is 13.2. The Labute approximate surface area is 182 Å². The smallest absolute Gasteiger partial charge is 0.257 e. The molecule has 5 rings (SSSR count). The molecule has 8 heteroatoms. The second-order valence-corrected chi connectivity index (χ2v) is 9.31. The first-order valence-corrected chi connectivity index (χ1v) is 11.4. The minimum absolute atomic E-state index is 0.0495. The number of nitrogens with zero attached hydrogens (tertiary/aromatic N) is 4. The van der Waals surface area contributed by atoms with E-state index in [1.807, 2.05) is 59.8 Å². The summed E-state index contributed by atoms with van der Waals surface area (Å²) in [5, 5.41) is 9.28. The van der Waals surface area contributed by atoms with Gasteiger partial charge < -0.3 is 4.42 Å². The topological polar surface area (TPSA) is 61.9 Å². The summed E-state index contributed by atoms with van der Waals surface area (Å²) in [7, 11) is 1.94. The highest BCUT2D eigenvalue weighted by Crippen LogP contribution is 2.34. The highest BCUT2D eigenvalue weighted by molar-refractivity contribution is 7.18. The molecule has 3 aromatic heterocycles. The van der Waals surface area contributed by atoms with E-state index in [0.717, 1.165) is 31.6 Å². The van der Waals surface area contributed by atoms with Crippen LogP contribution in [0.2, 0.25) is 0 Å². The molecule has 1 aromatic carbocycles. The van der Waals surface area contributed by atoms with Gasteiger partial charge in [-0.15, -0.1) is 22.7 Å². The van der Waals surface area contributed by atoms with Crippen LogP contribution < -0.4 is 0 Å². The fraction of sp³-hybridized carbons (Fsp3) is 0.227. The molecule has 1 unspecified atom stereocenters. The molecular weight excluding hydrogens is 416 g/mol. The minimum atomic E-state index is -0.208. The van der Waals surface area contributed by atoms with E-state index in [4.69, 9.17) is 4.42 Å². The number of carbonyl (C=O) groups excluding carboxylic acids is 1. The van der Waals surface area contributed by atoms with Gasteiger partial charge in [-0.1, -0.05) is 18.2 Å². The van der Waals surface area contributed by atoms with Crippen LogP contribution in [0.25, 0.3) is 10.2 Å². The number of carbonyl (C=O) groups is 1. The number of likely N-dealkylation sites (N-methyl/N-ethyl adjacent to an activating group) is 1. The second kappa shape index (κ2) is 8.14.